The first-order valence-corrected chi connectivity index (χ1v) is 11.6. The maximum absolute atomic E-state index is 12.9. The molecule has 2 fully saturated rings. The van der Waals surface area contributed by atoms with E-state index in [4.69, 9.17) is 4.74 Å². The number of amides is 2. The van der Waals surface area contributed by atoms with Crippen molar-refractivity contribution < 1.29 is 29.2 Å². The fraction of sp³-hybridized carbons (Fsp3) is 0.250. The van der Waals surface area contributed by atoms with Crippen molar-refractivity contribution in [1.82, 2.24) is 5.01 Å². The lowest BCUT2D eigenvalue weighted by Gasteiger charge is -2.13. The molecule has 35 heavy (non-hydrogen) atoms. The predicted molar refractivity (Wildman–Crippen MR) is 126 cm³/mol. The average molecular weight is 540 g/mol. The molecule has 1 heterocycles. The molecule has 2 bridgehead atoms. The Morgan fingerprint density at radius 3 is 2.51 bits per heavy atom. The van der Waals surface area contributed by atoms with Crippen molar-refractivity contribution in [1.29, 1.82) is 0 Å². The molecule has 0 radical (unpaired) electrons. The zero-order valence-corrected chi connectivity index (χ0v) is 19.6. The number of hydrogen-bond donors (Lipinski definition) is 1. The van der Waals surface area contributed by atoms with E-state index in [-0.39, 0.29) is 52.8 Å². The van der Waals surface area contributed by atoms with Crippen LogP contribution in [-0.2, 0) is 16.2 Å². The summed E-state index contributed by atoms with van der Waals surface area (Å²) in [5.74, 6) is -2.72. The number of rotatable bonds is 7. The number of halogens is 1. The number of nitro groups is 1. The summed E-state index contributed by atoms with van der Waals surface area (Å²) in [7, 11) is 0. The van der Waals surface area contributed by atoms with Crippen molar-refractivity contribution in [3.05, 3.63) is 79.8 Å². The van der Waals surface area contributed by atoms with Crippen molar-refractivity contribution in [3.63, 3.8) is 0 Å². The molecule has 1 N–H and O–H groups in total. The van der Waals surface area contributed by atoms with Crippen LogP contribution in [0, 0.1) is 33.8 Å². The summed E-state index contributed by atoms with van der Waals surface area (Å²) in [5, 5.41) is 25.9. The molecule has 1 aliphatic heterocycles. The minimum absolute atomic E-state index is 0.0362. The van der Waals surface area contributed by atoms with Gasteiger partial charge in [-0.05, 0) is 42.0 Å². The molecule has 0 spiro atoms. The van der Waals surface area contributed by atoms with Crippen LogP contribution in [0.5, 0.6) is 5.75 Å². The number of imide groups is 1. The molecule has 2 aromatic rings. The molecule has 2 aliphatic carbocycles. The van der Waals surface area contributed by atoms with Gasteiger partial charge in [0, 0.05) is 16.1 Å². The van der Waals surface area contributed by atoms with Crippen LogP contribution in [0.2, 0.25) is 0 Å². The standard InChI is InChI=1S/C24H18BrN3O7/c25-17-8-16(10-26-27-22(29)19-13-4-5-14(7-13)20(19)23(27)30)21(18(9-17)28(33)34)35-11-12-2-1-3-15(6-12)24(31)32/h1-6,8-10,13-14,19-20H,7,11H2,(H,31,32)/t13-,14-,19-,20+/m0/s1. The van der Waals surface area contributed by atoms with Gasteiger partial charge in [-0.1, -0.05) is 40.2 Å². The summed E-state index contributed by atoms with van der Waals surface area (Å²) < 4.78 is 6.13. The number of carbonyl (C=O) groups is 3. The maximum Gasteiger partial charge on any atom is 0.335 e. The highest BCUT2D eigenvalue weighted by Gasteiger charge is 2.59. The fourth-order valence-electron chi connectivity index (χ4n) is 5.06. The molecule has 10 nitrogen and oxygen atoms in total. The first kappa shape index (κ1) is 22.9. The smallest absolute Gasteiger partial charge is 0.335 e. The third kappa shape index (κ3) is 4.01. The Hall–Kier alpha value is -3.86. The van der Waals surface area contributed by atoms with Gasteiger partial charge in [-0.2, -0.15) is 10.1 Å². The summed E-state index contributed by atoms with van der Waals surface area (Å²) in [6, 6.07) is 8.80. The van der Waals surface area contributed by atoms with Gasteiger partial charge in [-0.25, -0.2) is 4.79 Å². The number of fused-ring (bicyclic) bond motifs is 5. The molecule has 4 atom stereocenters. The normalized spacial score (nSPS) is 24.4. The molecule has 2 amide bonds. The van der Waals surface area contributed by atoms with Crippen LogP contribution in [0.4, 0.5) is 5.69 Å². The molecular formula is C24H18BrN3O7. The summed E-state index contributed by atoms with van der Waals surface area (Å²) in [6.45, 7) is -0.148. The second kappa shape index (κ2) is 8.73. The number of ether oxygens (including phenoxy) is 1. The molecular weight excluding hydrogens is 522 g/mol. The van der Waals surface area contributed by atoms with Crippen LogP contribution in [-0.4, -0.2) is 39.0 Å². The largest absolute Gasteiger partial charge is 0.481 e. The third-order valence-electron chi connectivity index (χ3n) is 6.58. The van der Waals surface area contributed by atoms with Crippen molar-refractivity contribution in [2.24, 2.45) is 28.8 Å². The van der Waals surface area contributed by atoms with Gasteiger partial charge < -0.3 is 9.84 Å². The van der Waals surface area contributed by atoms with Crippen molar-refractivity contribution in [2.75, 3.05) is 0 Å². The number of carboxylic acids is 1. The minimum atomic E-state index is -1.11. The third-order valence-corrected chi connectivity index (χ3v) is 7.03. The number of nitro benzene ring substituents is 1. The van der Waals surface area contributed by atoms with Gasteiger partial charge in [-0.3, -0.25) is 19.7 Å². The second-order valence-corrected chi connectivity index (χ2v) is 9.54. The Morgan fingerprint density at radius 1 is 1.20 bits per heavy atom. The average Bonchev–Trinajstić information content (AvgIpc) is 3.51. The van der Waals surface area contributed by atoms with Gasteiger partial charge in [-0.15, -0.1) is 0 Å². The minimum Gasteiger partial charge on any atom is -0.481 e. The Balaban J connectivity index is 1.44. The van der Waals surface area contributed by atoms with Crippen LogP contribution in [0.3, 0.4) is 0 Å². The molecule has 178 valence electrons. The molecule has 0 aromatic heterocycles. The number of carboxylic acid groups (broad SMARTS) is 1. The van der Waals surface area contributed by atoms with E-state index in [1.807, 2.05) is 12.2 Å². The second-order valence-electron chi connectivity index (χ2n) is 8.63. The molecule has 5 rings (SSSR count). The highest BCUT2D eigenvalue weighted by atomic mass is 79.9. The van der Waals surface area contributed by atoms with Gasteiger partial charge in [0.1, 0.15) is 6.61 Å². The number of nitrogens with zero attached hydrogens (tertiary/aromatic N) is 3. The Kier molecular flexibility index (Phi) is 5.72. The first-order valence-electron chi connectivity index (χ1n) is 10.8. The number of allylic oxidation sites excluding steroid dienone is 2. The van der Waals surface area contributed by atoms with E-state index >= 15 is 0 Å². The molecule has 1 saturated heterocycles. The van der Waals surface area contributed by atoms with E-state index in [1.54, 1.807) is 12.1 Å². The number of benzene rings is 2. The van der Waals surface area contributed by atoms with Crippen LogP contribution < -0.4 is 4.74 Å². The summed E-state index contributed by atoms with van der Waals surface area (Å²) in [6.07, 6.45) is 5.95. The van der Waals surface area contributed by atoms with Gasteiger partial charge in [0.05, 0.1) is 28.5 Å². The van der Waals surface area contributed by atoms with Crippen LogP contribution in [0.15, 0.2) is 58.1 Å². The molecule has 2 aromatic carbocycles. The SMILES string of the molecule is O=C(O)c1cccc(COc2c(C=NN3C(=O)[C@@H]4[C@H](C3=O)[C@H]3C=C[C@H]4C3)cc(Br)cc2[N+](=O)[O-])c1. The number of carbonyl (C=O) groups excluding carboxylic acids is 2. The van der Waals surface area contributed by atoms with Crippen molar-refractivity contribution in [3.8, 4) is 5.75 Å². The Labute approximate surface area is 207 Å². The van der Waals surface area contributed by atoms with E-state index in [2.05, 4.69) is 21.0 Å². The molecule has 1 saturated carbocycles. The Bertz CT molecular complexity index is 1310. The molecule has 0 unspecified atom stereocenters. The highest BCUT2D eigenvalue weighted by Crippen LogP contribution is 2.52. The fourth-order valence-corrected chi connectivity index (χ4v) is 5.52. The number of aromatic carboxylic acids is 1. The predicted octanol–water partition coefficient (Wildman–Crippen LogP) is 3.78. The Morgan fingerprint density at radius 2 is 1.89 bits per heavy atom. The van der Waals surface area contributed by atoms with E-state index in [0.29, 0.717) is 10.0 Å². The van der Waals surface area contributed by atoms with Gasteiger partial charge >= 0.3 is 11.7 Å². The number of hydrazone groups is 1. The van der Waals surface area contributed by atoms with E-state index in [0.717, 1.165) is 11.4 Å². The number of hydrogen-bond acceptors (Lipinski definition) is 7. The van der Waals surface area contributed by atoms with Crippen molar-refractivity contribution >= 4 is 45.6 Å². The lowest BCUT2D eigenvalue weighted by Crippen LogP contribution is -2.28. The quantitative estimate of drug-likeness (QED) is 0.185. The topological polar surface area (TPSA) is 139 Å². The monoisotopic (exact) mass is 539 g/mol. The van der Waals surface area contributed by atoms with Crippen LogP contribution in [0.1, 0.15) is 27.9 Å². The highest BCUT2D eigenvalue weighted by molar-refractivity contribution is 9.10. The van der Waals surface area contributed by atoms with Crippen LogP contribution >= 0.6 is 15.9 Å². The van der Waals surface area contributed by atoms with Crippen molar-refractivity contribution in [2.45, 2.75) is 13.0 Å². The van der Waals surface area contributed by atoms with Gasteiger partial charge in [0.2, 0.25) is 5.75 Å². The van der Waals surface area contributed by atoms with E-state index in [9.17, 15) is 29.6 Å². The summed E-state index contributed by atoms with van der Waals surface area (Å²) >= 11 is 3.23. The summed E-state index contributed by atoms with van der Waals surface area (Å²) in [5.41, 5.74) is 0.372. The zero-order chi connectivity index (χ0) is 24.9. The lowest BCUT2D eigenvalue weighted by molar-refractivity contribution is -0.386. The van der Waals surface area contributed by atoms with Gasteiger partial charge in [0.15, 0.2) is 0 Å². The van der Waals surface area contributed by atoms with Crippen LogP contribution in [0.25, 0.3) is 0 Å². The zero-order valence-electron chi connectivity index (χ0n) is 18.0. The van der Waals surface area contributed by atoms with Gasteiger partial charge in [0.25, 0.3) is 11.8 Å². The molecule has 3 aliphatic rings. The maximum atomic E-state index is 12.9. The molecule has 11 heteroatoms. The summed E-state index contributed by atoms with van der Waals surface area (Å²) in [4.78, 5) is 48.1. The lowest BCUT2D eigenvalue weighted by atomic mass is 9.85. The van der Waals surface area contributed by atoms with E-state index < -0.39 is 22.7 Å². The van der Waals surface area contributed by atoms with E-state index in [1.165, 1.54) is 30.5 Å². The first-order chi connectivity index (χ1) is 16.7.